The number of hydrogen-bond donors (Lipinski definition) is 0. The van der Waals surface area contributed by atoms with Crippen molar-refractivity contribution in [3.8, 4) is 0 Å². The highest BCUT2D eigenvalue weighted by molar-refractivity contribution is 5.98. The van der Waals surface area contributed by atoms with Gasteiger partial charge in [-0.15, -0.1) is 5.10 Å². The molecule has 0 aliphatic carbocycles. The number of pyridine rings is 1. The standard InChI is InChI=1S/C15H20N6O2/c1-10(2)9-19-6-7-20(11(3)14(19)22)15(23)12-4-5-21-13(8-12)16-17-18-21/h4-5,8,10-11H,6-7,9H2,1-3H3/t11-/m1/s1. The second kappa shape index (κ2) is 5.94. The van der Waals surface area contributed by atoms with Gasteiger partial charge in [0, 0.05) is 31.4 Å². The van der Waals surface area contributed by atoms with Crippen molar-refractivity contribution in [3.63, 3.8) is 0 Å². The summed E-state index contributed by atoms with van der Waals surface area (Å²) in [4.78, 5) is 28.7. The maximum absolute atomic E-state index is 12.7. The second-order valence-electron chi connectivity index (χ2n) is 6.25. The largest absolute Gasteiger partial charge is 0.339 e. The lowest BCUT2D eigenvalue weighted by Crippen LogP contribution is -2.58. The molecule has 8 heteroatoms. The van der Waals surface area contributed by atoms with E-state index in [-0.39, 0.29) is 11.8 Å². The van der Waals surface area contributed by atoms with Crippen LogP contribution in [0.25, 0.3) is 5.65 Å². The molecule has 1 atom stereocenters. The molecule has 0 radical (unpaired) electrons. The Morgan fingerprint density at radius 2 is 2.17 bits per heavy atom. The molecule has 0 aromatic carbocycles. The number of rotatable bonds is 3. The fourth-order valence-electron chi connectivity index (χ4n) is 2.87. The number of carbonyl (C=O) groups is 2. The molecule has 2 aromatic heterocycles. The van der Waals surface area contributed by atoms with Crippen LogP contribution in [0.1, 0.15) is 31.1 Å². The average molecular weight is 316 g/mol. The van der Waals surface area contributed by atoms with E-state index in [9.17, 15) is 9.59 Å². The van der Waals surface area contributed by atoms with Crippen LogP contribution in [-0.2, 0) is 4.79 Å². The molecule has 8 nitrogen and oxygen atoms in total. The molecule has 1 fully saturated rings. The molecule has 0 bridgehead atoms. The van der Waals surface area contributed by atoms with E-state index in [1.807, 2.05) is 4.90 Å². The fraction of sp³-hybridized carbons (Fsp3) is 0.533. The summed E-state index contributed by atoms with van der Waals surface area (Å²) in [6, 6.07) is 2.85. The summed E-state index contributed by atoms with van der Waals surface area (Å²) >= 11 is 0. The second-order valence-corrected chi connectivity index (χ2v) is 6.25. The van der Waals surface area contributed by atoms with Crippen LogP contribution in [0.4, 0.5) is 0 Å². The van der Waals surface area contributed by atoms with E-state index < -0.39 is 6.04 Å². The molecule has 3 heterocycles. The topological polar surface area (TPSA) is 83.7 Å². The number of amides is 2. The smallest absolute Gasteiger partial charge is 0.254 e. The molecule has 23 heavy (non-hydrogen) atoms. The molecule has 1 aliphatic heterocycles. The van der Waals surface area contributed by atoms with E-state index >= 15 is 0 Å². The van der Waals surface area contributed by atoms with Gasteiger partial charge in [-0.3, -0.25) is 9.59 Å². The Morgan fingerprint density at radius 3 is 2.91 bits per heavy atom. The van der Waals surface area contributed by atoms with E-state index in [1.165, 1.54) is 4.52 Å². The minimum absolute atomic E-state index is 0.00326. The number of fused-ring (bicyclic) bond motifs is 1. The fourth-order valence-corrected chi connectivity index (χ4v) is 2.87. The van der Waals surface area contributed by atoms with Gasteiger partial charge in [0.15, 0.2) is 5.65 Å². The molecular formula is C15H20N6O2. The minimum Gasteiger partial charge on any atom is -0.339 e. The van der Waals surface area contributed by atoms with E-state index in [0.29, 0.717) is 30.2 Å². The predicted octanol–water partition coefficient (Wildman–Crippen LogP) is 0.453. The Bertz CT molecular complexity index is 740. The van der Waals surface area contributed by atoms with Crippen molar-refractivity contribution < 1.29 is 9.59 Å². The molecule has 1 saturated heterocycles. The van der Waals surface area contributed by atoms with Gasteiger partial charge in [-0.05, 0) is 35.4 Å². The lowest BCUT2D eigenvalue weighted by atomic mass is 10.1. The van der Waals surface area contributed by atoms with Crippen LogP contribution in [0.2, 0.25) is 0 Å². The number of tetrazole rings is 1. The van der Waals surface area contributed by atoms with Crippen molar-refractivity contribution in [3.05, 3.63) is 23.9 Å². The number of nitrogens with zero attached hydrogens (tertiary/aromatic N) is 6. The minimum atomic E-state index is -0.456. The van der Waals surface area contributed by atoms with Crippen LogP contribution in [-0.4, -0.2) is 67.3 Å². The first-order valence-electron chi connectivity index (χ1n) is 7.75. The molecule has 1 aliphatic rings. The van der Waals surface area contributed by atoms with Gasteiger partial charge in [0.05, 0.1) is 0 Å². The first-order chi connectivity index (χ1) is 11.0. The van der Waals surface area contributed by atoms with Gasteiger partial charge in [-0.25, -0.2) is 4.52 Å². The number of hydrogen-bond acceptors (Lipinski definition) is 5. The Hall–Kier alpha value is -2.51. The third-order valence-corrected chi connectivity index (χ3v) is 4.04. The molecule has 0 spiro atoms. The average Bonchev–Trinajstić information content (AvgIpc) is 2.98. The van der Waals surface area contributed by atoms with E-state index in [0.717, 1.165) is 6.54 Å². The van der Waals surface area contributed by atoms with Crippen molar-refractivity contribution in [1.82, 2.24) is 29.8 Å². The van der Waals surface area contributed by atoms with Gasteiger partial charge in [0.25, 0.3) is 5.91 Å². The monoisotopic (exact) mass is 316 g/mol. The third-order valence-electron chi connectivity index (χ3n) is 4.04. The first kappa shape index (κ1) is 15.4. The van der Waals surface area contributed by atoms with Gasteiger partial charge in [0.2, 0.25) is 5.91 Å². The predicted molar refractivity (Wildman–Crippen MR) is 82.7 cm³/mol. The highest BCUT2D eigenvalue weighted by Gasteiger charge is 2.34. The van der Waals surface area contributed by atoms with E-state index in [1.54, 1.807) is 30.2 Å². The van der Waals surface area contributed by atoms with Crippen molar-refractivity contribution in [2.45, 2.75) is 26.8 Å². The summed E-state index contributed by atoms with van der Waals surface area (Å²) in [5.74, 6) is 0.250. The van der Waals surface area contributed by atoms with Crippen molar-refractivity contribution in [2.75, 3.05) is 19.6 Å². The summed E-state index contributed by atoms with van der Waals surface area (Å²) in [6.45, 7) is 7.78. The van der Waals surface area contributed by atoms with Gasteiger partial charge in [-0.2, -0.15) is 0 Å². The van der Waals surface area contributed by atoms with Crippen molar-refractivity contribution >= 4 is 17.5 Å². The first-order valence-corrected chi connectivity index (χ1v) is 7.75. The molecule has 3 rings (SSSR count). The molecule has 0 unspecified atom stereocenters. The Labute approximate surface area is 134 Å². The third kappa shape index (κ3) is 2.88. The van der Waals surface area contributed by atoms with Crippen LogP contribution in [0, 0.1) is 5.92 Å². The van der Waals surface area contributed by atoms with Crippen molar-refractivity contribution in [1.29, 1.82) is 0 Å². The summed E-state index contributed by atoms with van der Waals surface area (Å²) in [6.07, 6.45) is 1.64. The quantitative estimate of drug-likeness (QED) is 0.821. The maximum Gasteiger partial charge on any atom is 0.254 e. The summed E-state index contributed by atoms with van der Waals surface area (Å²) in [5, 5.41) is 11.2. The highest BCUT2D eigenvalue weighted by Crippen LogP contribution is 2.17. The van der Waals surface area contributed by atoms with E-state index in [2.05, 4.69) is 29.4 Å². The molecule has 0 N–H and O–H groups in total. The number of carbonyl (C=O) groups excluding carboxylic acids is 2. The molecular weight excluding hydrogens is 296 g/mol. The molecule has 2 amide bonds. The van der Waals surface area contributed by atoms with Crippen LogP contribution < -0.4 is 0 Å². The SMILES string of the molecule is CC(C)CN1CCN(C(=O)c2ccn3nnnc3c2)[C@H](C)C1=O. The Balaban J connectivity index is 1.78. The Morgan fingerprint density at radius 1 is 1.39 bits per heavy atom. The van der Waals surface area contributed by atoms with Gasteiger partial charge in [0.1, 0.15) is 6.04 Å². The maximum atomic E-state index is 12.7. The molecule has 0 saturated carbocycles. The highest BCUT2D eigenvalue weighted by atomic mass is 16.2. The zero-order valence-electron chi connectivity index (χ0n) is 13.5. The van der Waals surface area contributed by atoms with Gasteiger partial charge in [-0.1, -0.05) is 13.8 Å². The number of piperazine rings is 1. The van der Waals surface area contributed by atoms with Crippen LogP contribution in [0.3, 0.4) is 0 Å². The zero-order valence-corrected chi connectivity index (χ0v) is 13.5. The summed E-state index contributed by atoms with van der Waals surface area (Å²) in [5.41, 5.74) is 0.998. The Kier molecular flexibility index (Phi) is 3.97. The van der Waals surface area contributed by atoms with Crippen LogP contribution >= 0.6 is 0 Å². The number of aromatic nitrogens is 4. The lowest BCUT2D eigenvalue weighted by molar-refractivity contribution is -0.140. The molecule has 2 aromatic rings. The van der Waals surface area contributed by atoms with Crippen LogP contribution in [0.15, 0.2) is 18.3 Å². The van der Waals surface area contributed by atoms with Crippen molar-refractivity contribution in [2.24, 2.45) is 5.92 Å². The normalized spacial score (nSPS) is 19.0. The zero-order chi connectivity index (χ0) is 16.6. The lowest BCUT2D eigenvalue weighted by Gasteiger charge is -2.39. The van der Waals surface area contributed by atoms with E-state index in [4.69, 9.17) is 0 Å². The molecule has 122 valence electrons. The van der Waals surface area contributed by atoms with Crippen LogP contribution in [0.5, 0.6) is 0 Å². The summed E-state index contributed by atoms with van der Waals surface area (Å²) in [7, 11) is 0. The van der Waals surface area contributed by atoms with Gasteiger partial charge >= 0.3 is 0 Å². The van der Waals surface area contributed by atoms with Gasteiger partial charge < -0.3 is 9.80 Å². The summed E-state index contributed by atoms with van der Waals surface area (Å²) < 4.78 is 1.49.